The van der Waals surface area contributed by atoms with E-state index in [-0.39, 0.29) is 12.5 Å². The molecule has 0 bridgehead atoms. The zero-order chi connectivity index (χ0) is 17.2. The van der Waals surface area contributed by atoms with Crippen LogP contribution in [0.4, 0.5) is 0 Å². The predicted molar refractivity (Wildman–Crippen MR) is 95.3 cm³/mol. The molecule has 0 fully saturated rings. The Morgan fingerprint density at radius 3 is 2.80 bits per heavy atom. The molecule has 7 heteroatoms. The molecule has 1 N–H and O–H groups in total. The van der Waals surface area contributed by atoms with E-state index in [0.29, 0.717) is 28.4 Å². The first-order valence-corrected chi connectivity index (χ1v) is 8.46. The molecule has 0 saturated carbocycles. The quantitative estimate of drug-likeness (QED) is 0.608. The lowest BCUT2D eigenvalue weighted by Crippen LogP contribution is -2.23. The second-order valence-electron chi connectivity index (χ2n) is 5.51. The number of amides is 1. The highest BCUT2D eigenvalue weighted by molar-refractivity contribution is 7.00. The van der Waals surface area contributed by atoms with Crippen LogP contribution in [0.1, 0.15) is 21.8 Å². The number of benzene rings is 2. The molecule has 2 aromatic carbocycles. The van der Waals surface area contributed by atoms with Gasteiger partial charge in [-0.05, 0) is 31.2 Å². The molecule has 0 unspecified atom stereocenters. The fraction of sp³-hybridized carbons (Fsp3) is 0.111. The Labute approximate surface area is 147 Å². The maximum Gasteiger partial charge on any atom is 0.253 e. The Hall–Kier alpha value is -3.06. The SMILES string of the molecule is Cc1oc(-c2ccccc2)nc1CNC(=O)c1cccc2nsnc12. The van der Waals surface area contributed by atoms with E-state index < -0.39 is 0 Å². The predicted octanol–water partition coefficient (Wildman–Crippen LogP) is 3.58. The number of carbonyl (C=O) groups is 1. The van der Waals surface area contributed by atoms with Gasteiger partial charge in [0.05, 0.1) is 23.8 Å². The lowest BCUT2D eigenvalue weighted by Gasteiger charge is -2.04. The van der Waals surface area contributed by atoms with Crippen molar-refractivity contribution in [3.05, 3.63) is 65.5 Å². The first kappa shape index (κ1) is 15.5. The maximum atomic E-state index is 12.5. The van der Waals surface area contributed by atoms with Crippen LogP contribution in [0.25, 0.3) is 22.5 Å². The number of nitrogens with one attached hydrogen (secondary N) is 1. The van der Waals surface area contributed by atoms with Crippen molar-refractivity contribution in [2.75, 3.05) is 0 Å². The number of nitrogens with zero attached hydrogens (tertiary/aromatic N) is 3. The summed E-state index contributed by atoms with van der Waals surface area (Å²) in [7, 11) is 0. The highest BCUT2D eigenvalue weighted by atomic mass is 32.1. The van der Waals surface area contributed by atoms with Crippen LogP contribution in [0.5, 0.6) is 0 Å². The molecule has 0 aliphatic rings. The Kier molecular flexibility index (Phi) is 3.99. The first-order chi connectivity index (χ1) is 12.2. The van der Waals surface area contributed by atoms with Gasteiger partial charge in [-0.15, -0.1) is 0 Å². The molecule has 0 aliphatic heterocycles. The Bertz CT molecular complexity index is 1040. The van der Waals surface area contributed by atoms with Gasteiger partial charge in [0.2, 0.25) is 5.89 Å². The molecule has 0 saturated heterocycles. The van der Waals surface area contributed by atoms with Crippen LogP contribution in [0.15, 0.2) is 52.9 Å². The van der Waals surface area contributed by atoms with Crippen LogP contribution >= 0.6 is 11.7 Å². The van der Waals surface area contributed by atoms with E-state index in [2.05, 4.69) is 19.0 Å². The van der Waals surface area contributed by atoms with E-state index in [0.717, 1.165) is 22.8 Å². The highest BCUT2D eigenvalue weighted by Crippen LogP contribution is 2.21. The number of fused-ring (bicyclic) bond motifs is 1. The maximum absolute atomic E-state index is 12.5. The topological polar surface area (TPSA) is 80.9 Å². The molecule has 25 heavy (non-hydrogen) atoms. The van der Waals surface area contributed by atoms with Gasteiger partial charge in [0.25, 0.3) is 5.91 Å². The lowest BCUT2D eigenvalue weighted by molar-refractivity contribution is 0.0952. The summed E-state index contributed by atoms with van der Waals surface area (Å²) in [6.45, 7) is 2.13. The fourth-order valence-corrected chi connectivity index (χ4v) is 3.09. The summed E-state index contributed by atoms with van der Waals surface area (Å²) in [5, 5.41) is 2.88. The molecule has 124 valence electrons. The average molecular weight is 350 g/mol. The number of carbonyl (C=O) groups excluding carboxylic acids is 1. The number of hydrogen-bond acceptors (Lipinski definition) is 6. The van der Waals surface area contributed by atoms with Crippen LogP contribution in [-0.2, 0) is 6.54 Å². The first-order valence-electron chi connectivity index (χ1n) is 7.73. The Morgan fingerprint density at radius 1 is 1.12 bits per heavy atom. The lowest BCUT2D eigenvalue weighted by atomic mass is 10.1. The van der Waals surface area contributed by atoms with Crippen LogP contribution < -0.4 is 5.32 Å². The third kappa shape index (κ3) is 3.01. The molecule has 1 amide bonds. The zero-order valence-corrected chi connectivity index (χ0v) is 14.2. The fourth-order valence-electron chi connectivity index (χ4n) is 2.54. The van der Waals surface area contributed by atoms with Gasteiger partial charge >= 0.3 is 0 Å². The molecule has 4 rings (SSSR count). The number of oxazole rings is 1. The number of rotatable bonds is 4. The largest absolute Gasteiger partial charge is 0.441 e. The van der Waals surface area contributed by atoms with E-state index in [4.69, 9.17) is 4.42 Å². The minimum atomic E-state index is -0.207. The van der Waals surface area contributed by atoms with Crippen LogP contribution in [-0.4, -0.2) is 19.6 Å². The van der Waals surface area contributed by atoms with E-state index in [9.17, 15) is 4.79 Å². The molecular weight excluding hydrogens is 336 g/mol. The summed E-state index contributed by atoms with van der Waals surface area (Å²) in [5.41, 5.74) is 3.46. The van der Waals surface area contributed by atoms with E-state index in [1.165, 1.54) is 0 Å². The third-order valence-corrected chi connectivity index (χ3v) is 4.40. The second-order valence-corrected chi connectivity index (χ2v) is 6.04. The van der Waals surface area contributed by atoms with Crippen LogP contribution in [0.2, 0.25) is 0 Å². The van der Waals surface area contributed by atoms with Crippen molar-refractivity contribution in [3.63, 3.8) is 0 Å². The zero-order valence-electron chi connectivity index (χ0n) is 13.4. The summed E-state index contributed by atoms with van der Waals surface area (Å²) < 4.78 is 14.1. The number of hydrogen-bond donors (Lipinski definition) is 1. The van der Waals surface area contributed by atoms with E-state index in [1.807, 2.05) is 43.3 Å². The van der Waals surface area contributed by atoms with Gasteiger partial charge in [-0.2, -0.15) is 8.75 Å². The van der Waals surface area contributed by atoms with Crippen molar-refractivity contribution < 1.29 is 9.21 Å². The van der Waals surface area contributed by atoms with Crippen LogP contribution in [0.3, 0.4) is 0 Å². The van der Waals surface area contributed by atoms with Crippen molar-refractivity contribution in [2.24, 2.45) is 0 Å². The van der Waals surface area contributed by atoms with Gasteiger partial charge in [0.15, 0.2) is 0 Å². The van der Waals surface area contributed by atoms with E-state index in [1.54, 1.807) is 12.1 Å². The Morgan fingerprint density at radius 2 is 1.96 bits per heavy atom. The van der Waals surface area contributed by atoms with Gasteiger partial charge in [-0.3, -0.25) is 4.79 Å². The molecule has 0 radical (unpaired) electrons. The van der Waals surface area contributed by atoms with Crippen molar-refractivity contribution in [3.8, 4) is 11.5 Å². The molecule has 6 nitrogen and oxygen atoms in total. The summed E-state index contributed by atoms with van der Waals surface area (Å²) in [6, 6.07) is 15.0. The van der Waals surface area contributed by atoms with Gasteiger partial charge in [0, 0.05) is 5.56 Å². The smallest absolute Gasteiger partial charge is 0.253 e. The molecule has 0 aliphatic carbocycles. The summed E-state index contributed by atoms with van der Waals surface area (Å²) in [4.78, 5) is 17.0. The molecule has 4 aromatic rings. The normalized spacial score (nSPS) is 10.9. The molecular formula is C18H14N4O2S. The standard InChI is InChI=1S/C18H14N4O2S/c1-11-15(20-18(24-11)12-6-3-2-4-7-12)10-19-17(23)13-8-5-9-14-16(13)22-25-21-14/h2-9H,10H2,1H3,(H,19,23). The van der Waals surface area contributed by atoms with Crippen molar-refractivity contribution in [1.29, 1.82) is 0 Å². The van der Waals surface area contributed by atoms with Crippen molar-refractivity contribution in [2.45, 2.75) is 13.5 Å². The van der Waals surface area contributed by atoms with E-state index >= 15 is 0 Å². The molecule has 0 atom stereocenters. The monoisotopic (exact) mass is 350 g/mol. The Balaban J connectivity index is 1.53. The molecule has 2 heterocycles. The summed E-state index contributed by atoms with van der Waals surface area (Å²) >= 11 is 1.09. The highest BCUT2D eigenvalue weighted by Gasteiger charge is 2.15. The van der Waals surface area contributed by atoms with Crippen LogP contribution in [0, 0.1) is 6.92 Å². The minimum absolute atomic E-state index is 0.207. The second kappa shape index (κ2) is 6.45. The number of aryl methyl sites for hydroxylation is 1. The van der Waals surface area contributed by atoms with Gasteiger partial charge < -0.3 is 9.73 Å². The molecule has 2 aromatic heterocycles. The molecule has 0 spiro atoms. The average Bonchev–Trinajstić information content (AvgIpc) is 3.26. The van der Waals surface area contributed by atoms with Crippen molar-refractivity contribution in [1.82, 2.24) is 19.0 Å². The van der Waals surface area contributed by atoms with Gasteiger partial charge in [-0.1, -0.05) is 24.3 Å². The summed E-state index contributed by atoms with van der Waals surface area (Å²) in [5.74, 6) is 1.03. The van der Waals surface area contributed by atoms with Gasteiger partial charge in [0.1, 0.15) is 22.5 Å². The minimum Gasteiger partial charge on any atom is -0.441 e. The van der Waals surface area contributed by atoms with Gasteiger partial charge in [-0.25, -0.2) is 4.98 Å². The summed E-state index contributed by atoms with van der Waals surface area (Å²) in [6.07, 6.45) is 0. The third-order valence-electron chi connectivity index (χ3n) is 3.86. The van der Waals surface area contributed by atoms with Crippen molar-refractivity contribution >= 4 is 28.7 Å². The number of aromatic nitrogens is 3.